The topological polar surface area (TPSA) is 73.9 Å². The van der Waals surface area contributed by atoms with E-state index in [9.17, 15) is 4.79 Å². The molecule has 2 aromatic carbocycles. The van der Waals surface area contributed by atoms with Crippen molar-refractivity contribution in [2.24, 2.45) is 0 Å². The molecule has 8 heteroatoms. The molecular formula is C26H25F2N5O. The van der Waals surface area contributed by atoms with Crippen molar-refractivity contribution in [1.82, 2.24) is 25.4 Å². The van der Waals surface area contributed by atoms with Gasteiger partial charge in [-0.25, -0.2) is 13.8 Å². The van der Waals surface area contributed by atoms with E-state index < -0.39 is 17.5 Å². The third-order valence-electron chi connectivity index (χ3n) is 7.29. The van der Waals surface area contributed by atoms with Gasteiger partial charge < -0.3 is 10.2 Å². The van der Waals surface area contributed by atoms with Crippen LogP contribution in [0.3, 0.4) is 0 Å². The average Bonchev–Trinajstić information content (AvgIpc) is 3.54. The van der Waals surface area contributed by atoms with E-state index in [1.54, 1.807) is 12.3 Å². The number of aromatic nitrogens is 3. The molecule has 0 spiro atoms. The maximum Gasteiger partial charge on any atom is 0.254 e. The van der Waals surface area contributed by atoms with Crippen molar-refractivity contribution in [3.8, 4) is 11.3 Å². The number of carbonyl (C=O) groups is 1. The van der Waals surface area contributed by atoms with Gasteiger partial charge in [0.2, 0.25) is 0 Å². The molecule has 1 amide bonds. The van der Waals surface area contributed by atoms with E-state index in [-0.39, 0.29) is 5.56 Å². The van der Waals surface area contributed by atoms with Crippen molar-refractivity contribution in [3.05, 3.63) is 58.8 Å². The molecule has 0 radical (unpaired) electrons. The lowest BCUT2D eigenvalue weighted by molar-refractivity contribution is 0.0947. The maximum absolute atomic E-state index is 15.2. The molecule has 6 nitrogen and oxygen atoms in total. The third kappa shape index (κ3) is 3.20. The fourth-order valence-electron chi connectivity index (χ4n) is 5.76. The van der Waals surface area contributed by atoms with Gasteiger partial charge in [0, 0.05) is 35.5 Å². The van der Waals surface area contributed by atoms with Gasteiger partial charge in [-0.1, -0.05) is 6.07 Å². The number of nitrogens with zero attached hydrogens (tertiary/aromatic N) is 3. The number of halogens is 2. The van der Waals surface area contributed by atoms with E-state index in [1.807, 2.05) is 19.0 Å². The number of hydrogen-bond acceptors (Lipinski definition) is 4. The Morgan fingerprint density at radius 1 is 1.15 bits per heavy atom. The maximum atomic E-state index is 15.2. The minimum absolute atomic E-state index is 0.00672. The van der Waals surface area contributed by atoms with E-state index >= 15 is 8.78 Å². The van der Waals surface area contributed by atoms with Crippen LogP contribution in [0.2, 0.25) is 0 Å². The van der Waals surface area contributed by atoms with Crippen molar-refractivity contribution in [2.75, 3.05) is 27.2 Å². The number of H-pyrrole nitrogens is 1. The Bertz CT molecular complexity index is 1460. The molecule has 2 aliphatic carbocycles. The molecule has 2 aromatic heterocycles. The zero-order chi connectivity index (χ0) is 23.6. The minimum atomic E-state index is -0.607. The molecule has 2 atom stereocenters. The molecule has 0 saturated heterocycles. The molecule has 1 fully saturated rings. The van der Waals surface area contributed by atoms with Crippen LogP contribution >= 0.6 is 0 Å². The van der Waals surface area contributed by atoms with E-state index in [4.69, 9.17) is 4.98 Å². The highest BCUT2D eigenvalue weighted by Gasteiger charge is 2.41. The standard InChI is InChI=1S/C26H25F2N5O/c1-33(2)8-7-29-26(34)16-6-5-15(10-18(16)27)24-22-14-4-3-13(9-14)21(22)23-17-12-30-32-20(17)11-19(28)25(23)31-24/h5-6,10-14H,3-4,7-9H2,1-2H3,(H,29,34)(H,30,32). The molecule has 2 N–H and O–H groups in total. The van der Waals surface area contributed by atoms with Gasteiger partial charge in [0.25, 0.3) is 5.91 Å². The summed E-state index contributed by atoms with van der Waals surface area (Å²) < 4.78 is 30.3. The lowest BCUT2D eigenvalue weighted by Crippen LogP contribution is -2.31. The van der Waals surface area contributed by atoms with Crippen LogP contribution in [0.5, 0.6) is 0 Å². The molecule has 4 aromatic rings. The number of pyridine rings is 1. The quantitative estimate of drug-likeness (QED) is 0.451. The fraction of sp³-hybridized carbons (Fsp3) is 0.346. The number of aromatic amines is 1. The Hall–Kier alpha value is -3.39. The number of amides is 1. The zero-order valence-electron chi connectivity index (χ0n) is 19.1. The number of hydrogen-bond donors (Lipinski definition) is 2. The van der Waals surface area contributed by atoms with Crippen molar-refractivity contribution < 1.29 is 13.6 Å². The van der Waals surface area contributed by atoms with Gasteiger partial charge in [-0.05, 0) is 68.5 Å². The number of rotatable bonds is 5. The second-order valence-electron chi connectivity index (χ2n) is 9.66. The molecule has 2 heterocycles. The van der Waals surface area contributed by atoms with Gasteiger partial charge in [-0.15, -0.1) is 0 Å². The van der Waals surface area contributed by atoms with Crippen LogP contribution in [0.25, 0.3) is 33.1 Å². The fourth-order valence-corrected chi connectivity index (χ4v) is 5.76. The Morgan fingerprint density at radius 2 is 1.94 bits per heavy atom. The Morgan fingerprint density at radius 3 is 2.71 bits per heavy atom. The van der Waals surface area contributed by atoms with Gasteiger partial charge in [-0.2, -0.15) is 5.10 Å². The molecular weight excluding hydrogens is 436 g/mol. The van der Waals surface area contributed by atoms with E-state index in [1.165, 1.54) is 18.2 Å². The normalized spacial score (nSPS) is 18.9. The van der Waals surface area contributed by atoms with Crippen LogP contribution in [0, 0.1) is 11.6 Å². The number of nitrogens with one attached hydrogen (secondary N) is 2. The number of benzene rings is 2. The summed E-state index contributed by atoms with van der Waals surface area (Å²) >= 11 is 0. The van der Waals surface area contributed by atoms with Gasteiger partial charge in [0.05, 0.1) is 23.0 Å². The summed E-state index contributed by atoms with van der Waals surface area (Å²) in [5.74, 6) is -0.805. The first-order valence-electron chi connectivity index (χ1n) is 11.6. The molecule has 2 unspecified atom stereocenters. The van der Waals surface area contributed by atoms with Gasteiger partial charge in [0.1, 0.15) is 11.3 Å². The van der Waals surface area contributed by atoms with Crippen LogP contribution < -0.4 is 5.32 Å². The highest BCUT2D eigenvalue weighted by molar-refractivity contribution is 6.08. The lowest BCUT2D eigenvalue weighted by Gasteiger charge is -2.22. The van der Waals surface area contributed by atoms with Gasteiger partial charge in [-0.3, -0.25) is 9.89 Å². The smallest absolute Gasteiger partial charge is 0.254 e. The van der Waals surface area contributed by atoms with Crippen LogP contribution in [0.1, 0.15) is 52.6 Å². The SMILES string of the molecule is CN(C)CCNC(=O)c1ccc(-c2nc3c(F)cc4[nH]ncc4c3c3c2C2CCC3C2)cc1F. The number of fused-ring (bicyclic) bond motifs is 9. The van der Waals surface area contributed by atoms with Gasteiger partial charge in [0.15, 0.2) is 5.82 Å². The molecule has 1 saturated carbocycles. The summed E-state index contributed by atoms with van der Waals surface area (Å²) in [6.07, 6.45) is 4.85. The summed E-state index contributed by atoms with van der Waals surface area (Å²) in [6, 6.07) is 5.99. The summed E-state index contributed by atoms with van der Waals surface area (Å²) in [4.78, 5) is 19.2. The summed E-state index contributed by atoms with van der Waals surface area (Å²) in [5.41, 5.74) is 4.36. The van der Waals surface area contributed by atoms with Gasteiger partial charge >= 0.3 is 0 Å². The molecule has 6 rings (SSSR count). The van der Waals surface area contributed by atoms with Crippen molar-refractivity contribution in [3.63, 3.8) is 0 Å². The van der Waals surface area contributed by atoms with E-state index in [2.05, 4.69) is 15.5 Å². The van der Waals surface area contributed by atoms with Crippen LogP contribution in [-0.4, -0.2) is 53.2 Å². The highest BCUT2D eigenvalue weighted by atomic mass is 19.1. The van der Waals surface area contributed by atoms with Crippen molar-refractivity contribution in [1.29, 1.82) is 0 Å². The molecule has 2 aliphatic rings. The minimum Gasteiger partial charge on any atom is -0.351 e. The molecule has 0 aliphatic heterocycles. The lowest BCUT2D eigenvalue weighted by atomic mass is 9.85. The molecule has 174 valence electrons. The second kappa shape index (κ2) is 7.84. The predicted octanol–water partition coefficient (Wildman–Crippen LogP) is 4.71. The summed E-state index contributed by atoms with van der Waals surface area (Å²) in [6.45, 7) is 1.09. The third-order valence-corrected chi connectivity index (χ3v) is 7.29. The summed E-state index contributed by atoms with van der Waals surface area (Å²) in [5, 5.41) is 11.4. The molecule has 34 heavy (non-hydrogen) atoms. The molecule has 2 bridgehead atoms. The highest BCUT2D eigenvalue weighted by Crippen LogP contribution is 2.58. The average molecular weight is 462 g/mol. The summed E-state index contributed by atoms with van der Waals surface area (Å²) in [7, 11) is 3.81. The Kier molecular flexibility index (Phi) is 4.88. The first kappa shape index (κ1) is 21.2. The number of carbonyl (C=O) groups excluding carboxylic acids is 1. The monoisotopic (exact) mass is 461 g/mol. The van der Waals surface area contributed by atoms with Crippen molar-refractivity contribution in [2.45, 2.75) is 31.1 Å². The predicted molar refractivity (Wildman–Crippen MR) is 127 cm³/mol. The van der Waals surface area contributed by atoms with Crippen LogP contribution in [0.15, 0.2) is 30.5 Å². The zero-order valence-corrected chi connectivity index (χ0v) is 19.1. The first-order chi connectivity index (χ1) is 16.4. The largest absolute Gasteiger partial charge is 0.351 e. The Labute approximate surface area is 195 Å². The van der Waals surface area contributed by atoms with E-state index in [0.717, 1.165) is 41.2 Å². The first-order valence-corrected chi connectivity index (χ1v) is 11.6. The second-order valence-corrected chi connectivity index (χ2v) is 9.66. The Balaban J connectivity index is 1.48. The van der Waals surface area contributed by atoms with Crippen LogP contribution in [-0.2, 0) is 0 Å². The van der Waals surface area contributed by atoms with Crippen molar-refractivity contribution >= 4 is 27.7 Å². The number of likely N-dealkylation sites (N-methyl/N-ethyl adjacent to an activating group) is 1. The van der Waals surface area contributed by atoms with Crippen LogP contribution in [0.4, 0.5) is 8.78 Å². The van der Waals surface area contributed by atoms with E-state index in [0.29, 0.717) is 47.2 Å².